The highest BCUT2D eigenvalue weighted by Gasteiger charge is 2.45. The minimum Gasteiger partial charge on any atom is -0.364 e. The number of benzene rings is 5. The molecule has 0 unspecified atom stereocenters. The molecule has 0 saturated heterocycles. The van der Waals surface area contributed by atoms with E-state index >= 15 is 0 Å². The van der Waals surface area contributed by atoms with Gasteiger partial charge in [-0.2, -0.15) is 10.2 Å². The van der Waals surface area contributed by atoms with E-state index in [-0.39, 0.29) is 0 Å². The summed E-state index contributed by atoms with van der Waals surface area (Å²) >= 11 is 17.4. The average Bonchev–Trinajstić information content (AvgIpc) is 3.12. The van der Waals surface area contributed by atoms with Gasteiger partial charge in [-0.15, -0.1) is 0 Å². The highest BCUT2D eigenvalue weighted by molar-refractivity contribution is 7.95. The summed E-state index contributed by atoms with van der Waals surface area (Å²) in [5, 5.41) is 21.0. The van der Waals surface area contributed by atoms with Crippen LogP contribution < -0.4 is 37.4 Å². The van der Waals surface area contributed by atoms with E-state index in [1.807, 2.05) is 72.8 Å². The SMILES string of the molecule is CNC(=S)NN=C(C(=NNC(=S)NC[P+](c1ccccc1)(c1ccccc1)c1ccccc1)c1ccccc1)c1ccc(Cl)cc1. The number of halogens is 1. The van der Waals surface area contributed by atoms with E-state index in [0.29, 0.717) is 33.0 Å². The molecule has 46 heavy (non-hydrogen) atoms. The van der Waals surface area contributed by atoms with Crippen molar-refractivity contribution in [2.24, 2.45) is 10.2 Å². The number of nitrogens with zero attached hydrogens (tertiary/aromatic N) is 2. The molecule has 0 aliphatic carbocycles. The molecule has 0 atom stereocenters. The van der Waals surface area contributed by atoms with Crippen LogP contribution in [0.4, 0.5) is 0 Å². The first-order chi connectivity index (χ1) is 22.5. The smallest absolute Gasteiger partial charge is 0.189 e. The van der Waals surface area contributed by atoms with Crippen molar-refractivity contribution in [2.45, 2.75) is 0 Å². The van der Waals surface area contributed by atoms with Crippen LogP contribution in [0.1, 0.15) is 11.1 Å². The van der Waals surface area contributed by atoms with Crippen LogP contribution in [0.2, 0.25) is 5.02 Å². The molecule has 0 aliphatic heterocycles. The molecule has 10 heteroatoms. The molecule has 0 fully saturated rings. The second-order valence-corrected chi connectivity index (χ2v) is 14.8. The van der Waals surface area contributed by atoms with Gasteiger partial charge >= 0.3 is 0 Å². The number of hydrazone groups is 2. The van der Waals surface area contributed by atoms with Crippen molar-refractivity contribution in [2.75, 3.05) is 13.3 Å². The molecule has 230 valence electrons. The lowest BCUT2D eigenvalue weighted by atomic mass is 10.00. The van der Waals surface area contributed by atoms with Crippen LogP contribution in [0.15, 0.2) is 156 Å². The van der Waals surface area contributed by atoms with Gasteiger partial charge in [-0.3, -0.25) is 10.9 Å². The summed E-state index contributed by atoms with van der Waals surface area (Å²) in [5.41, 5.74) is 8.76. The minimum atomic E-state index is -2.16. The highest BCUT2D eigenvalue weighted by Crippen LogP contribution is 2.54. The van der Waals surface area contributed by atoms with E-state index in [1.165, 1.54) is 15.9 Å². The molecule has 0 bridgehead atoms. The van der Waals surface area contributed by atoms with Crippen molar-refractivity contribution in [3.8, 4) is 0 Å². The van der Waals surface area contributed by atoms with E-state index < -0.39 is 7.26 Å². The van der Waals surface area contributed by atoms with Gasteiger partial charge in [0.15, 0.2) is 10.2 Å². The second-order valence-electron chi connectivity index (χ2n) is 10.1. The summed E-state index contributed by atoms with van der Waals surface area (Å²) in [6.45, 7) is 0. The molecular formula is C36H33ClN6PS2+. The fourth-order valence-electron chi connectivity index (χ4n) is 4.98. The Balaban J connectivity index is 1.51. The van der Waals surface area contributed by atoms with Crippen molar-refractivity contribution >= 4 is 80.9 Å². The summed E-state index contributed by atoms with van der Waals surface area (Å²) < 4.78 is 0. The lowest BCUT2D eigenvalue weighted by molar-refractivity contribution is 0.958. The minimum absolute atomic E-state index is 0.368. The Morgan fingerprint density at radius 1 is 0.565 bits per heavy atom. The van der Waals surface area contributed by atoms with Gasteiger partial charge < -0.3 is 10.6 Å². The topological polar surface area (TPSA) is 72.8 Å². The molecule has 0 aromatic heterocycles. The number of hydrogen-bond donors (Lipinski definition) is 4. The molecule has 5 aromatic rings. The molecule has 6 nitrogen and oxygen atoms in total. The third-order valence-electron chi connectivity index (χ3n) is 7.22. The lowest BCUT2D eigenvalue weighted by Crippen LogP contribution is -2.42. The summed E-state index contributed by atoms with van der Waals surface area (Å²) in [6.07, 6.45) is 0.586. The quantitative estimate of drug-likeness (QED) is 0.0633. The van der Waals surface area contributed by atoms with Gasteiger partial charge in [-0.25, -0.2) is 0 Å². The van der Waals surface area contributed by atoms with E-state index in [0.717, 1.165) is 11.1 Å². The van der Waals surface area contributed by atoms with Crippen LogP contribution in [-0.2, 0) is 0 Å². The standard InChI is InChI=1S/C36H32ClN6PS2/c1-38-35(45)42-40-34(28-22-24-29(37)25-23-28)33(27-14-6-2-7-15-27)41-43-36(46)39-26-44(30-16-8-3-9-17-30,31-18-10-4-11-19-31)32-20-12-5-13-21-32/h2-25H,26H2,1H3,(H3-,38,39,40,41,42,43,45,46)/p+1. The normalized spacial score (nSPS) is 11.8. The predicted octanol–water partition coefficient (Wildman–Crippen LogP) is 5.96. The van der Waals surface area contributed by atoms with Gasteiger partial charge in [0, 0.05) is 23.2 Å². The number of rotatable bonds is 10. The predicted molar refractivity (Wildman–Crippen MR) is 205 cm³/mol. The van der Waals surface area contributed by atoms with Crippen molar-refractivity contribution in [3.63, 3.8) is 0 Å². The van der Waals surface area contributed by atoms with Crippen LogP contribution in [0.5, 0.6) is 0 Å². The van der Waals surface area contributed by atoms with E-state index in [2.05, 4.69) is 99.4 Å². The van der Waals surface area contributed by atoms with E-state index in [1.54, 1.807) is 7.05 Å². The largest absolute Gasteiger partial charge is 0.364 e. The second kappa shape index (κ2) is 16.2. The number of nitrogens with one attached hydrogen (secondary N) is 4. The Kier molecular flexibility index (Phi) is 11.6. The first kappa shape index (κ1) is 32.9. The van der Waals surface area contributed by atoms with Crippen LogP contribution >= 0.6 is 43.3 Å². The molecule has 0 radical (unpaired) electrons. The maximum atomic E-state index is 6.22. The summed E-state index contributed by atoms with van der Waals surface area (Å²) in [7, 11) is -0.434. The highest BCUT2D eigenvalue weighted by atomic mass is 35.5. The number of hydrogen-bond acceptors (Lipinski definition) is 4. The third kappa shape index (κ3) is 8.03. The zero-order valence-corrected chi connectivity index (χ0v) is 28.4. The maximum absolute atomic E-state index is 6.22. The maximum Gasteiger partial charge on any atom is 0.189 e. The lowest BCUT2D eigenvalue weighted by Gasteiger charge is -2.28. The monoisotopic (exact) mass is 679 g/mol. The molecule has 0 spiro atoms. The van der Waals surface area contributed by atoms with Crippen molar-refractivity contribution < 1.29 is 0 Å². The van der Waals surface area contributed by atoms with Gasteiger partial charge in [-0.05, 0) is 73.0 Å². The fourth-order valence-corrected chi connectivity index (χ4v) is 9.26. The van der Waals surface area contributed by atoms with Crippen LogP contribution in [0, 0.1) is 0 Å². The molecule has 5 rings (SSSR count). The fraction of sp³-hybridized carbons (Fsp3) is 0.0556. The summed E-state index contributed by atoms with van der Waals surface area (Å²) in [5.74, 6) is 0. The Hall–Kier alpha value is -4.46. The van der Waals surface area contributed by atoms with Crippen molar-refractivity contribution in [1.82, 2.24) is 21.5 Å². The van der Waals surface area contributed by atoms with Gasteiger partial charge in [0.25, 0.3) is 0 Å². The molecule has 0 saturated carbocycles. The van der Waals surface area contributed by atoms with Crippen LogP contribution in [-0.4, -0.2) is 35.0 Å². The number of thiocarbonyl (C=S) groups is 2. The molecular weight excluding hydrogens is 647 g/mol. The summed E-state index contributed by atoms with van der Waals surface area (Å²) in [4.78, 5) is 0. The van der Waals surface area contributed by atoms with E-state index in [4.69, 9.17) is 41.1 Å². The zero-order chi connectivity index (χ0) is 32.2. The Bertz CT molecular complexity index is 1710. The molecule has 0 heterocycles. The Morgan fingerprint density at radius 3 is 1.39 bits per heavy atom. The van der Waals surface area contributed by atoms with Gasteiger partial charge in [-0.1, -0.05) is 109 Å². The van der Waals surface area contributed by atoms with Crippen molar-refractivity contribution in [1.29, 1.82) is 0 Å². The first-order valence-corrected chi connectivity index (χ1v) is 17.7. The van der Waals surface area contributed by atoms with Crippen molar-refractivity contribution in [3.05, 3.63) is 162 Å². The van der Waals surface area contributed by atoms with Gasteiger partial charge in [0.2, 0.25) is 0 Å². The molecule has 0 aliphatic rings. The van der Waals surface area contributed by atoms with Gasteiger partial charge in [0.05, 0.1) is 0 Å². The Morgan fingerprint density at radius 2 is 0.957 bits per heavy atom. The molecule has 0 amide bonds. The third-order valence-corrected chi connectivity index (χ3v) is 12.2. The first-order valence-electron chi connectivity index (χ1n) is 14.5. The summed E-state index contributed by atoms with van der Waals surface area (Å²) in [6, 6.07) is 49.1. The average molecular weight is 680 g/mol. The molecule has 5 aromatic carbocycles. The van der Waals surface area contributed by atoms with Gasteiger partial charge in [0.1, 0.15) is 40.9 Å². The molecule has 4 N–H and O–H groups in total. The zero-order valence-electron chi connectivity index (χ0n) is 25.1. The van der Waals surface area contributed by atoms with Crippen LogP contribution in [0.25, 0.3) is 0 Å². The van der Waals surface area contributed by atoms with Crippen LogP contribution in [0.3, 0.4) is 0 Å². The van der Waals surface area contributed by atoms with E-state index in [9.17, 15) is 0 Å². The Labute approximate surface area is 286 Å².